The Hall–Kier alpha value is -1.63. The molecule has 26 heavy (non-hydrogen) atoms. The van der Waals surface area contributed by atoms with Gasteiger partial charge in [0, 0.05) is 20.0 Å². The standard InChI is InChI=1S/C18H24O7S/c1-21-15-8-6-14(7-9-15)13-23-17-11-16(25-18(12-17)22-2)5-4-10-24-26(3,19)20/h6-9,16-18H,10-13H2,1-3H3/t16-,17-,18+/m1/s1. The second-order valence-electron chi connectivity index (χ2n) is 5.83. The van der Waals surface area contributed by atoms with Crippen LogP contribution >= 0.6 is 0 Å². The van der Waals surface area contributed by atoms with E-state index >= 15 is 0 Å². The third-order valence-corrected chi connectivity index (χ3v) is 4.31. The molecular weight excluding hydrogens is 360 g/mol. The van der Waals surface area contributed by atoms with Crippen LogP contribution in [-0.2, 0) is 35.1 Å². The van der Waals surface area contributed by atoms with Crippen molar-refractivity contribution >= 4 is 10.1 Å². The van der Waals surface area contributed by atoms with E-state index in [1.807, 2.05) is 24.3 Å². The highest BCUT2D eigenvalue weighted by atomic mass is 32.2. The van der Waals surface area contributed by atoms with Crippen molar-refractivity contribution in [3.63, 3.8) is 0 Å². The summed E-state index contributed by atoms with van der Waals surface area (Å²) in [6.45, 7) is 0.260. The first-order valence-corrected chi connectivity index (χ1v) is 9.97. The molecule has 7 nitrogen and oxygen atoms in total. The lowest BCUT2D eigenvalue weighted by Crippen LogP contribution is -2.37. The molecule has 0 aromatic heterocycles. The summed E-state index contributed by atoms with van der Waals surface area (Å²) in [6, 6.07) is 7.67. The Morgan fingerprint density at radius 2 is 1.92 bits per heavy atom. The first kappa shape index (κ1) is 20.7. The number of hydrogen-bond acceptors (Lipinski definition) is 7. The van der Waals surface area contributed by atoms with E-state index in [4.69, 9.17) is 18.9 Å². The molecule has 0 amide bonds. The Labute approximate surface area is 154 Å². The van der Waals surface area contributed by atoms with Crippen molar-refractivity contribution < 1.29 is 31.5 Å². The van der Waals surface area contributed by atoms with Gasteiger partial charge in [-0.1, -0.05) is 24.0 Å². The van der Waals surface area contributed by atoms with E-state index in [2.05, 4.69) is 16.0 Å². The van der Waals surface area contributed by atoms with Crippen molar-refractivity contribution in [1.82, 2.24) is 0 Å². The molecule has 3 atom stereocenters. The fraction of sp³-hybridized carbons (Fsp3) is 0.556. The number of benzene rings is 1. The summed E-state index contributed by atoms with van der Waals surface area (Å²) in [4.78, 5) is 0. The molecule has 0 saturated carbocycles. The zero-order chi connectivity index (χ0) is 19.0. The molecule has 1 aliphatic rings. The molecular formula is C18H24O7S. The number of hydrogen-bond donors (Lipinski definition) is 0. The van der Waals surface area contributed by atoms with Crippen LogP contribution in [0.5, 0.6) is 5.75 Å². The van der Waals surface area contributed by atoms with Gasteiger partial charge in [0.15, 0.2) is 6.29 Å². The largest absolute Gasteiger partial charge is 0.497 e. The van der Waals surface area contributed by atoms with E-state index in [-0.39, 0.29) is 12.7 Å². The lowest BCUT2D eigenvalue weighted by atomic mass is 10.0. The van der Waals surface area contributed by atoms with Gasteiger partial charge in [0.05, 0.1) is 26.1 Å². The van der Waals surface area contributed by atoms with Gasteiger partial charge in [-0.05, 0) is 17.7 Å². The molecule has 1 aromatic rings. The summed E-state index contributed by atoms with van der Waals surface area (Å²) in [7, 11) is -0.310. The molecule has 0 N–H and O–H groups in total. The van der Waals surface area contributed by atoms with Gasteiger partial charge in [0.2, 0.25) is 0 Å². The Bertz CT molecular complexity index is 718. The van der Waals surface area contributed by atoms with Crippen LogP contribution in [0.4, 0.5) is 0 Å². The highest BCUT2D eigenvalue weighted by molar-refractivity contribution is 7.86. The highest BCUT2D eigenvalue weighted by Crippen LogP contribution is 2.23. The number of methoxy groups -OCH3 is 2. The first-order valence-electron chi connectivity index (χ1n) is 8.15. The normalized spacial score (nSPS) is 23.1. The predicted molar refractivity (Wildman–Crippen MR) is 95.0 cm³/mol. The SMILES string of the molecule is COc1ccc(CO[C@H]2C[C@@H](OC)O[C@H](C#CCOS(C)(=O)=O)C2)cc1. The van der Waals surface area contributed by atoms with E-state index in [1.165, 1.54) is 0 Å². The van der Waals surface area contributed by atoms with Crippen LogP contribution in [0.15, 0.2) is 24.3 Å². The minimum atomic E-state index is -3.50. The third-order valence-electron chi connectivity index (χ3n) is 3.76. The van der Waals surface area contributed by atoms with Crippen molar-refractivity contribution in [3.05, 3.63) is 29.8 Å². The molecule has 1 heterocycles. The monoisotopic (exact) mass is 384 g/mol. The summed E-state index contributed by atoms with van der Waals surface area (Å²) in [5, 5.41) is 0. The molecule has 0 spiro atoms. The van der Waals surface area contributed by atoms with Gasteiger partial charge >= 0.3 is 0 Å². The molecule has 144 valence electrons. The quantitative estimate of drug-likeness (QED) is 0.523. The minimum Gasteiger partial charge on any atom is -0.497 e. The van der Waals surface area contributed by atoms with Gasteiger partial charge in [-0.3, -0.25) is 4.18 Å². The molecule has 8 heteroatoms. The van der Waals surface area contributed by atoms with Gasteiger partial charge in [0.1, 0.15) is 18.5 Å². The van der Waals surface area contributed by atoms with E-state index in [0.717, 1.165) is 17.6 Å². The summed E-state index contributed by atoms with van der Waals surface area (Å²) >= 11 is 0. The zero-order valence-electron chi connectivity index (χ0n) is 15.1. The van der Waals surface area contributed by atoms with Gasteiger partial charge in [-0.2, -0.15) is 8.42 Å². The van der Waals surface area contributed by atoms with Crippen molar-refractivity contribution in [3.8, 4) is 17.6 Å². The summed E-state index contributed by atoms with van der Waals surface area (Å²) < 4.78 is 48.5. The average molecular weight is 384 g/mol. The van der Waals surface area contributed by atoms with E-state index in [0.29, 0.717) is 19.4 Å². The molecule has 2 rings (SSSR count). The first-order chi connectivity index (χ1) is 12.4. The Morgan fingerprint density at radius 3 is 2.54 bits per heavy atom. The molecule has 0 bridgehead atoms. The van der Waals surface area contributed by atoms with Crippen molar-refractivity contribution in [2.45, 2.75) is 37.9 Å². The number of rotatable bonds is 7. The van der Waals surface area contributed by atoms with Gasteiger partial charge in [0.25, 0.3) is 10.1 Å². The van der Waals surface area contributed by atoms with Gasteiger partial charge in [-0.25, -0.2) is 0 Å². The van der Waals surface area contributed by atoms with Crippen LogP contribution < -0.4 is 4.74 Å². The summed E-state index contributed by atoms with van der Waals surface area (Å²) in [6.07, 6.45) is 1.26. The molecule has 1 saturated heterocycles. The van der Waals surface area contributed by atoms with Gasteiger partial charge in [-0.15, -0.1) is 0 Å². The van der Waals surface area contributed by atoms with Crippen LogP contribution in [-0.4, -0.2) is 54.0 Å². The fourth-order valence-corrected chi connectivity index (χ4v) is 2.73. The van der Waals surface area contributed by atoms with Crippen LogP contribution in [0.3, 0.4) is 0 Å². The lowest BCUT2D eigenvalue weighted by Gasteiger charge is -2.32. The van der Waals surface area contributed by atoms with Crippen molar-refractivity contribution in [2.24, 2.45) is 0 Å². The maximum Gasteiger partial charge on any atom is 0.265 e. The molecule has 0 radical (unpaired) electrons. The van der Waals surface area contributed by atoms with Crippen LogP contribution in [0, 0.1) is 11.8 Å². The van der Waals surface area contributed by atoms with Crippen molar-refractivity contribution in [1.29, 1.82) is 0 Å². The smallest absolute Gasteiger partial charge is 0.265 e. The van der Waals surface area contributed by atoms with Crippen molar-refractivity contribution in [2.75, 3.05) is 27.1 Å². The second kappa shape index (κ2) is 9.90. The highest BCUT2D eigenvalue weighted by Gasteiger charge is 2.29. The zero-order valence-corrected chi connectivity index (χ0v) is 16.0. The Balaban J connectivity index is 1.88. The molecule has 1 aliphatic heterocycles. The average Bonchev–Trinajstić information content (AvgIpc) is 2.63. The van der Waals surface area contributed by atoms with Crippen LogP contribution in [0.25, 0.3) is 0 Å². The summed E-state index contributed by atoms with van der Waals surface area (Å²) in [5.41, 5.74) is 1.04. The van der Waals surface area contributed by atoms with Gasteiger partial charge < -0.3 is 18.9 Å². The predicted octanol–water partition coefficient (Wildman–Crippen LogP) is 1.71. The number of ether oxygens (including phenoxy) is 4. The molecule has 0 aliphatic carbocycles. The van der Waals surface area contributed by atoms with E-state index in [9.17, 15) is 8.42 Å². The second-order valence-corrected chi connectivity index (χ2v) is 7.47. The summed E-state index contributed by atoms with van der Waals surface area (Å²) in [5.74, 6) is 6.32. The maximum absolute atomic E-state index is 10.9. The Morgan fingerprint density at radius 1 is 1.19 bits per heavy atom. The lowest BCUT2D eigenvalue weighted by molar-refractivity contribution is -0.198. The van der Waals surface area contributed by atoms with E-state index < -0.39 is 22.5 Å². The molecule has 1 aromatic carbocycles. The van der Waals surface area contributed by atoms with E-state index in [1.54, 1.807) is 14.2 Å². The maximum atomic E-state index is 10.9. The minimum absolute atomic E-state index is 0.0778. The third kappa shape index (κ3) is 7.32. The molecule has 0 unspecified atom stereocenters. The van der Waals surface area contributed by atoms with Crippen LogP contribution in [0.1, 0.15) is 18.4 Å². The Kier molecular flexibility index (Phi) is 7.87. The fourth-order valence-electron chi connectivity index (χ4n) is 2.45. The van der Waals surface area contributed by atoms with Crippen LogP contribution in [0.2, 0.25) is 0 Å². The topological polar surface area (TPSA) is 80.3 Å². The molecule has 1 fully saturated rings.